The first-order valence-electron chi connectivity index (χ1n) is 9.72. The van der Waals surface area contributed by atoms with Gasteiger partial charge in [0.1, 0.15) is 0 Å². The van der Waals surface area contributed by atoms with Crippen molar-refractivity contribution in [3.63, 3.8) is 0 Å². The van der Waals surface area contributed by atoms with Crippen molar-refractivity contribution in [2.24, 2.45) is 0 Å². The summed E-state index contributed by atoms with van der Waals surface area (Å²) in [4.78, 5) is 8.76. The van der Waals surface area contributed by atoms with Crippen LogP contribution in [0.3, 0.4) is 0 Å². The summed E-state index contributed by atoms with van der Waals surface area (Å²) in [6.07, 6.45) is -4.42. The molecule has 0 aliphatic carbocycles. The fraction of sp³-hybridized carbons (Fsp3) is 0.0833. The van der Waals surface area contributed by atoms with Crippen LogP contribution in [0.1, 0.15) is 11.3 Å². The van der Waals surface area contributed by atoms with Crippen LogP contribution < -0.4 is 0 Å². The molecule has 9 heteroatoms. The van der Waals surface area contributed by atoms with Crippen molar-refractivity contribution in [1.82, 2.24) is 9.97 Å². The Morgan fingerprint density at radius 2 is 1.36 bits per heavy atom. The highest BCUT2D eigenvalue weighted by Gasteiger charge is 2.30. The number of hydrogen-bond donors (Lipinski definition) is 1. The Morgan fingerprint density at radius 1 is 0.758 bits per heavy atom. The van der Waals surface area contributed by atoms with E-state index in [0.29, 0.717) is 39.5 Å². The van der Waals surface area contributed by atoms with Crippen molar-refractivity contribution >= 4 is 10.1 Å². The number of nitrogens with zero attached hydrogens (tertiary/aromatic N) is 2. The maximum atomic E-state index is 12.9. The van der Waals surface area contributed by atoms with Gasteiger partial charge in [-0.1, -0.05) is 42.5 Å². The molecule has 0 fully saturated rings. The second-order valence-electron chi connectivity index (χ2n) is 7.38. The fourth-order valence-corrected chi connectivity index (χ4v) is 3.88. The molecule has 0 saturated carbocycles. The Morgan fingerprint density at radius 3 is 2.00 bits per heavy atom. The summed E-state index contributed by atoms with van der Waals surface area (Å²) in [6.45, 7) is 1.76. The zero-order valence-electron chi connectivity index (χ0n) is 17.2. The van der Waals surface area contributed by atoms with Gasteiger partial charge in [-0.05, 0) is 54.4 Å². The van der Waals surface area contributed by atoms with E-state index < -0.39 is 21.9 Å². The maximum absolute atomic E-state index is 12.9. The van der Waals surface area contributed by atoms with E-state index in [4.69, 9.17) is 0 Å². The molecule has 5 nitrogen and oxygen atoms in total. The third-order valence-electron chi connectivity index (χ3n) is 4.95. The van der Waals surface area contributed by atoms with Gasteiger partial charge in [0.2, 0.25) is 0 Å². The van der Waals surface area contributed by atoms with Crippen molar-refractivity contribution in [2.45, 2.75) is 18.0 Å². The summed E-state index contributed by atoms with van der Waals surface area (Å²) < 4.78 is 70.8. The molecule has 1 aromatic heterocycles. The molecule has 4 aromatic rings. The lowest BCUT2D eigenvalue weighted by atomic mass is 10.0. The van der Waals surface area contributed by atoms with Crippen LogP contribution in [0.2, 0.25) is 0 Å². The molecule has 3 aromatic carbocycles. The van der Waals surface area contributed by atoms with Crippen molar-refractivity contribution in [1.29, 1.82) is 0 Å². The largest absolute Gasteiger partial charge is 0.416 e. The van der Waals surface area contributed by atoms with Gasteiger partial charge in [-0.2, -0.15) is 21.6 Å². The first-order chi connectivity index (χ1) is 15.5. The second kappa shape index (κ2) is 8.42. The minimum Gasteiger partial charge on any atom is -0.282 e. The summed E-state index contributed by atoms with van der Waals surface area (Å²) in [5.41, 5.74) is 2.78. The number of rotatable bonds is 4. The van der Waals surface area contributed by atoms with Crippen LogP contribution in [0.25, 0.3) is 33.8 Å². The predicted octanol–water partition coefficient (Wildman–Crippen LogP) is 6.05. The Hall–Kier alpha value is -3.56. The predicted molar refractivity (Wildman–Crippen MR) is 118 cm³/mol. The molecule has 0 spiro atoms. The van der Waals surface area contributed by atoms with Gasteiger partial charge in [0.25, 0.3) is 10.1 Å². The van der Waals surface area contributed by atoms with Crippen molar-refractivity contribution in [3.05, 3.63) is 90.1 Å². The smallest absolute Gasteiger partial charge is 0.282 e. The minimum absolute atomic E-state index is 0.221. The Bertz CT molecular complexity index is 1430. The van der Waals surface area contributed by atoms with Gasteiger partial charge >= 0.3 is 6.18 Å². The summed E-state index contributed by atoms with van der Waals surface area (Å²) in [6, 6.07) is 19.4. The van der Waals surface area contributed by atoms with Gasteiger partial charge < -0.3 is 0 Å². The minimum atomic E-state index is -4.42. The average Bonchev–Trinajstić information content (AvgIpc) is 2.78. The highest BCUT2D eigenvalue weighted by molar-refractivity contribution is 7.85. The summed E-state index contributed by atoms with van der Waals surface area (Å²) >= 11 is 0. The first-order valence-corrected chi connectivity index (χ1v) is 11.2. The SMILES string of the molecule is Cc1cc(-c2ccc(C(F)(F)F)cc2)nc(-c2cccc(-c3cccc(S(=O)(=O)O)c3)c2)n1. The van der Waals surface area contributed by atoms with Gasteiger partial charge in [-0.25, -0.2) is 9.97 Å². The molecule has 0 amide bonds. The van der Waals surface area contributed by atoms with Crippen molar-refractivity contribution in [2.75, 3.05) is 0 Å². The quantitative estimate of drug-likeness (QED) is 0.367. The van der Waals surface area contributed by atoms with Crippen LogP contribution in [0.15, 0.2) is 83.8 Å². The molecular formula is C24H17F3N2O3S. The van der Waals surface area contributed by atoms with Crippen LogP contribution in [0, 0.1) is 6.92 Å². The molecule has 168 valence electrons. The Balaban J connectivity index is 1.73. The number of halogens is 3. The van der Waals surface area contributed by atoms with E-state index in [0.717, 1.165) is 12.1 Å². The summed E-state index contributed by atoms with van der Waals surface area (Å²) in [5, 5.41) is 0. The number of alkyl halides is 3. The molecule has 0 unspecified atom stereocenters. The summed E-state index contributed by atoms with van der Waals surface area (Å²) in [5.74, 6) is 0.373. The van der Waals surface area contributed by atoms with Gasteiger partial charge in [0, 0.05) is 16.8 Å². The number of hydrogen-bond acceptors (Lipinski definition) is 4. The van der Waals surface area contributed by atoms with Crippen molar-refractivity contribution < 1.29 is 26.1 Å². The third kappa shape index (κ3) is 5.10. The van der Waals surface area contributed by atoms with E-state index in [1.165, 1.54) is 30.3 Å². The zero-order chi connectivity index (χ0) is 23.8. The molecule has 0 saturated heterocycles. The fourth-order valence-electron chi connectivity index (χ4n) is 3.35. The van der Waals surface area contributed by atoms with E-state index in [-0.39, 0.29) is 4.90 Å². The highest BCUT2D eigenvalue weighted by Crippen LogP contribution is 2.32. The van der Waals surface area contributed by atoms with Crippen LogP contribution in [-0.2, 0) is 16.3 Å². The van der Waals surface area contributed by atoms with E-state index >= 15 is 0 Å². The standard InChI is InChI=1S/C24H17F3N2O3S/c1-15-12-22(16-8-10-20(11-9-16)24(25,26)27)29-23(28-15)19-6-2-4-17(13-19)18-5-3-7-21(14-18)33(30,31)32/h2-14H,1H3,(H,30,31,32). The van der Waals surface area contributed by atoms with E-state index in [1.54, 1.807) is 43.3 Å². The van der Waals surface area contributed by atoms with Gasteiger partial charge in [-0.15, -0.1) is 0 Å². The van der Waals surface area contributed by atoms with Crippen LogP contribution >= 0.6 is 0 Å². The molecule has 0 aliphatic heterocycles. The number of benzene rings is 3. The highest BCUT2D eigenvalue weighted by atomic mass is 32.2. The van der Waals surface area contributed by atoms with E-state index in [9.17, 15) is 26.1 Å². The molecule has 4 rings (SSSR count). The second-order valence-corrected chi connectivity index (χ2v) is 8.80. The first kappa shape index (κ1) is 22.6. The zero-order valence-corrected chi connectivity index (χ0v) is 18.0. The van der Waals surface area contributed by atoms with Gasteiger partial charge in [0.15, 0.2) is 5.82 Å². The Kier molecular flexibility index (Phi) is 5.77. The summed E-state index contributed by atoms with van der Waals surface area (Å²) in [7, 11) is -4.34. The topological polar surface area (TPSA) is 80.2 Å². The molecular weight excluding hydrogens is 453 g/mol. The molecule has 0 aliphatic rings. The van der Waals surface area contributed by atoms with Crippen molar-refractivity contribution in [3.8, 4) is 33.8 Å². The maximum Gasteiger partial charge on any atom is 0.416 e. The van der Waals surface area contributed by atoms with Gasteiger partial charge in [-0.3, -0.25) is 4.55 Å². The van der Waals surface area contributed by atoms with Crippen LogP contribution in [-0.4, -0.2) is 22.9 Å². The van der Waals surface area contributed by atoms with E-state index in [1.807, 2.05) is 0 Å². The lowest BCUT2D eigenvalue weighted by Crippen LogP contribution is -2.04. The Labute approximate surface area is 188 Å². The van der Waals surface area contributed by atoms with Crippen LogP contribution in [0.5, 0.6) is 0 Å². The average molecular weight is 470 g/mol. The lowest BCUT2D eigenvalue weighted by Gasteiger charge is -2.10. The van der Waals surface area contributed by atoms with E-state index in [2.05, 4.69) is 9.97 Å². The van der Waals surface area contributed by atoms with Gasteiger partial charge in [0.05, 0.1) is 16.2 Å². The molecule has 0 atom stereocenters. The number of aryl methyl sites for hydroxylation is 1. The molecule has 33 heavy (non-hydrogen) atoms. The van der Waals surface area contributed by atoms with Crippen LogP contribution in [0.4, 0.5) is 13.2 Å². The lowest BCUT2D eigenvalue weighted by molar-refractivity contribution is -0.137. The monoisotopic (exact) mass is 470 g/mol. The number of aromatic nitrogens is 2. The third-order valence-corrected chi connectivity index (χ3v) is 5.80. The molecule has 0 radical (unpaired) electrons. The molecule has 1 heterocycles. The normalized spacial score (nSPS) is 12.0. The molecule has 0 bridgehead atoms. The molecule has 1 N–H and O–H groups in total.